The zero-order valence-corrected chi connectivity index (χ0v) is 9.84. The van der Waals surface area contributed by atoms with Crippen molar-refractivity contribution in [1.82, 2.24) is 4.90 Å². The quantitative estimate of drug-likeness (QED) is 0.696. The number of likely N-dealkylation sites (N-methyl/N-ethyl adjacent to an activating group) is 1. The van der Waals surface area contributed by atoms with Crippen LogP contribution in [-0.4, -0.2) is 17.9 Å². The molecule has 1 aromatic carbocycles. The number of nitrogens with zero attached hydrogens (tertiary/aromatic N) is 1. The minimum absolute atomic E-state index is 0.0127. The summed E-state index contributed by atoms with van der Waals surface area (Å²) in [5.41, 5.74) is 2.39. The van der Waals surface area contributed by atoms with Crippen LogP contribution in [0.1, 0.15) is 24.0 Å². The van der Waals surface area contributed by atoms with Crippen molar-refractivity contribution in [3.05, 3.63) is 33.8 Å². The minimum Gasteiger partial charge on any atom is -0.341 e. The Labute approximate surface area is 92.0 Å². The van der Waals surface area contributed by atoms with Gasteiger partial charge < -0.3 is 4.90 Å². The van der Waals surface area contributed by atoms with E-state index in [0.29, 0.717) is 6.54 Å². The van der Waals surface area contributed by atoms with E-state index in [4.69, 9.17) is 0 Å². The Hall–Kier alpha value is -0.830. The van der Waals surface area contributed by atoms with E-state index in [1.807, 2.05) is 32.2 Å². The lowest BCUT2D eigenvalue weighted by Crippen LogP contribution is -2.35. The highest BCUT2D eigenvalue weighted by atomic mass is 79.9. The molecule has 0 saturated carbocycles. The van der Waals surface area contributed by atoms with Gasteiger partial charge in [-0.1, -0.05) is 28.1 Å². The highest BCUT2D eigenvalue weighted by molar-refractivity contribution is 9.10. The van der Waals surface area contributed by atoms with Gasteiger partial charge in [-0.3, -0.25) is 4.79 Å². The first-order chi connectivity index (χ1) is 6.61. The van der Waals surface area contributed by atoms with Crippen molar-refractivity contribution < 1.29 is 4.79 Å². The fraction of sp³-hybridized carbons (Fsp3) is 0.364. The van der Waals surface area contributed by atoms with Gasteiger partial charge in [0.2, 0.25) is 5.91 Å². The van der Waals surface area contributed by atoms with Crippen molar-refractivity contribution in [1.29, 1.82) is 0 Å². The van der Waals surface area contributed by atoms with E-state index in [2.05, 4.69) is 15.9 Å². The first-order valence-corrected chi connectivity index (χ1v) is 5.43. The van der Waals surface area contributed by atoms with Crippen molar-refractivity contribution in [3.8, 4) is 0 Å². The molecule has 1 aromatic rings. The maximum atomic E-state index is 11.7. The number of carbonyl (C=O) groups is 1. The van der Waals surface area contributed by atoms with Crippen molar-refractivity contribution in [2.45, 2.75) is 19.4 Å². The Morgan fingerprint density at radius 1 is 1.50 bits per heavy atom. The molecular weight excluding hydrogens is 242 g/mol. The molecule has 3 heteroatoms. The number of hydrogen-bond donors (Lipinski definition) is 0. The Bertz CT molecular complexity index is 389. The highest BCUT2D eigenvalue weighted by Crippen LogP contribution is 2.32. The average molecular weight is 254 g/mol. The molecule has 0 spiro atoms. The standard InChI is InChI=1S/C11H12BrNO/c1-7-8-4-3-5-10(12)9(8)6-13(2)11(7)14/h3-5,7H,6H2,1-2H3/t7-/m1/s1. The zero-order valence-electron chi connectivity index (χ0n) is 8.25. The van der Waals surface area contributed by atoms with Crippen LogP contribution in [0.2, 0.25) is 0 Å². The van der Waals surface area contributed by atoms with Gasteiger partial charge in [0.25, 0.3) is 0 Å². The molecule has 2 nitrogen and oxygen atoms in total. The predicted octanol–water partition coefficient (Wildman–Crippen LogP) is 2.52. The van der Waals surface area contributed by atoms with Crippen molar-refractivity contribution in [3.63, 3.8) is 0 Å². The number of amides is 1. The molecule has 0 bridgehead atoms. The van der Waals surface area contributed by atoms with Crippen LogP contribution in [0.25, 0.3) is 0 Å². The number of benzene rings is 1. The molecule has 0 N–H and O–H groups in total. The van der Waals surface area contributed by atoms with E-state index >= 15 is 0 Å². The first-order valence-electron chi connectivity index (χ1n) is 4.63. The molecule has 0 aromatic heterocycles. The fourth-order valence-corrected chi connectivity index (χ4v) is 2.43. The third-order valence-electron chi connectivity index (χ3n) is 2.76. The van der Waals surface area contributed by atoms with E-state index in [9.17, 15) is 4.79 Å². The summed E-state index contributed by atoms with van der Waals surface area (Å²) in [7, 11) is 1.85. The summed E-state index contributed by atoms with van der Waals surface area (Å²) < 4.78 is 1.10. The molecule has 74 valence electrons. The van der Waals surface area contributed by atoms with E-state index in [1.165, 1.54) is 5.56 Å². The van der Waals surface area contributed by atoms with Gasteiger partial charge in [0.05, 0.1) is 5.92 Å². The zero-order chi connectivity index (χ0) is 10.3. The maximum absolute atomic E-state index is 11.7. The summed E-state index contributed by atoms with van der Waals surface area (Å²) in [5, 5.41) is 0. The van der Waals surface area contributed by atoms with Crippen LogP contribution in [0.15, 0.2) is 22.7 Å². The molecule has 0 saturated heterocycles. The lowest BCUT2D eigenvalue weighted by atomic mass is 9.91. The molecule has 0 unspecified atom stereocenters. The van der Waals surface area contributed by atoms with Crippen molar-refractivity contribution in [2.24, 2.45) is 0 Å². The molecule has 0 radical (unpaired) electrons. The van der Waals surface area contributed by atoms with Gasteiger partial charge in [0.15, 0.2) is 0 Å². The molecule has 1 aliphatic rings. The molecule has 1 heterocycles. The molecule has 1 atom stereocenters. The summed E-state index contributed by atoms with van der Waals surface area (Å²) >= 11 is 3.52. The molecule has 14 heavy (non-hydrogen) atoms. The second kappa shape index (κ2) is 3.39. The van der Waals surface area contributed by atoms with E-state index in [-0.39, 0.29) is 11.8 Å². The number of hydrogen-bond acceptors (Lipinski definition) is 1. The van der Waals surface area contributed by atoms with Crippen molar-refractivity contribution in [2.75, 3.05) is 7.05 Å². The lowest BCUT2D eigenvalue weighted by molar-refractivity contribution is -0.132. The van der Waals surface area contributed by atoms with Crippen LogP contribution >= 0.6 is 15.9 Å². The van der Waals surface area contributed by atoms with Crippen LogP contribution < -0.4 is 0 Å². The SMILES string of the molecule is C[C@H]1C(=O)N(C)Cc2c(Br)cccc21. The van der Waals surface area contributed by atoms with Crippen LogP contribution in [-0.2, 0) is 11.3 Å². The summed E-state index contributed by atoms with van der Waals surface area (Å²) in [6, 6.07) is 6.04. The second-order valence-electron chi connectivity index (χ2n) is 3.72. The van der Waals surface area contributed by atoms with Crippen LogP contribution in [0.4, 0.5) is 0 Å². The average Bonchev–Trinajstić information content (AvgIpc) is 2.17. The Balaban J connectivity index is 2.56. The largest absolute Gasteiger partial charge is 0.341 e. The summed E-state index contributed by atoms with van der Waals surface area (Å²) in [5.74, 6) is 0.192. The van der Waals surface area contributed by atoms with Crippen molar-refractivity contribution >= 4 is 21.8 Å². The minimum atomic E-state index is -0.0127. The molecule has 0 fully saturated rings. The smallest absolute Gasteiger partial charge is 0.229 e. The normalized spacial score (nSPS) is 20.9. The number of carbonyl (C=O) groups excluding carboxylic acids is 1. The van der Waals surface area contributed by atoms with Gasteiger partial charge in [0, 0.05) is 18.1 Å². The monoisotopic (exact) mass is 253 g/mol. The fourth-order valence-electron chi connectivity index (χ4n) is 1.93. The molecule has 2 rings (SSSR count). The molecule has 1 aliphatic heterocycles. The molecule has 1 amide bonds. The first kappa shape index (κ1) is 9.71. The second-order valence-corrected chi connectivity index (χ2v) is 4.58. The third kappa shape index (κ3) is 1.36. The summed E-state index contributed by atoms with van der Waals surface area (Å²) in [6.07, 6.45) is 0. The van der Waals surface area contributed by atoms with E-state index < -0.39 is 0 Å². The van der Waals surface area contributed by atoms with Crippen LogP contribution in [0.3, 0.4) is 0 Å². The topological polar surface area (TPSA) is 20.3 Å². The predicted molar refractivity (Wildman–Crippen MR) is 59.0 cm³/mol. The Morgan fingerprint density at radius 2 is 2.21 bits per heavy atom. The Kier molecular flexibility index (Phi) is 2.35. The molecular formula is C11H12BrNO. The highest BCUT2D eigenvalue weighted by Gasteiger charge is 2.28. The maximum Gasteiger partial charge on any atom is 0.229 e. The van der Waals surface area contributed by atoms with Crippen LogP contribution in [0, 0.1) is 0 Å². The van der Waals surface area contributed by atoms with Crippen LogP contribution in [0.5, 0.6) is 0 Å². The van der Waals surface area contributed by atoms with Gasteiger partial charge in [0.1, 0.15) is 0 Å². The number of halogens is 1. The van der Waals surface area contributed by atoms with Gasteiger partial charge >= 0.3 is 0 Å². The number of rotatable bonds is 0. The number of fused-ring (bicyclic) bond motifs is 1. The lowest BCUT2D eigenvalue weighted by Gasteiger charge is -2.30. The molecule has 0 aliphatic carbocycles. The third-order valence-corrected chi connectivity index (χ3v) is 3.51. The van der Waals surface area contributed by atoms with Gasteiger partial charge in [-0.2, -0.15) is 0 Å². The van der Waals surface area contributed by atoms with Gasteiger partial charge in [-0.25, -0.2) is 0 Å². The summed E-state index contributed by atoms with van der Waals surface area (Å²) in [6.45, 7) is 2.67. The van der Waals surface area contributed by atoms with E-state index in [0.717, 1.165) is 10.0 Å². The summed E-state index contributed by atoms with van der Waals surface area (Å²) in [4.78, 5) is 13.5. The Morgan fingerprint density at radius 3 is 2.93 bits per heavy atom. The van der Waals surface area contributed by atoms with Gasteiger partial charge in [-0.05, 0) is 24.1 Å². The van der Waals surface area contributed by atoms with E-state index in [1.54, 1.807) is 4.90 Å². The van der Waals surface area contributed by atoms with Gasteiger partial charge in [-0.15, -0.1) is 0 Å².